The highest BCUT2D eigenvalue weighted by atomic mass is 28.3. The van der Waals surface area contributed by atoms with Crippen LogP contribution in [0.1, 0.15) is 116 Å². The maximum atomic E-state index is 13.9. The van der Waals surface area contributed by atoms with Gasteiger partial charge in [0.1, 0.15) is 34.7 Å². The van der Waals surface area contributed by atoms with Crippen molar-refractivity contribution in [1.82, 2.24) is 19.4 Å². The number of ether oxygens (including phenoxy) is 4. The van der Waals surface area contributed by atoms with Crippen LogP contribution in [0.5, 0.6) is 6.01 Å². The van der Waals surface area contributed by atoms with E-state index in [9.17, 15) is 19.5 Å². The number of nitrogens with zero attached hydrogens (tertiary/aromatic N) is 5. The van der Waals surface area contributed by atoms with Crippen LogP contribution in [0, 0.1) is 0 Å². The van der Waals surface area contributed by atoms with Gasteiger partial charge in [-0.2, -0.15) is 14.9 Å². The Morgan fingerprint density at radius 2 is 1.49 bits per heavy atom. The molecular formula is C37H63N5O8Si. The van der Waals surface area contributed by atoms with Gasteiger partial charge in [-0.1, -0.05) is 45.8 Å². The number of likely N-dealkylation sites (tertiary alicyclic amines) is 1. The average Bonchev–Trinajstić information content (AvgIpc) is 3.31. The molecule has 2 aromatic rings. The topological polar surface area (TPSA) is 146 Å². The second-order valence-corrected chi connectivity index (χ2v) is 22.3. The first kappa shape index (κ1) is 42.2. The molecule has 0 atom stereocenters. The van der Waals surface area contributed by atoms with Crippen LogP contribution in [-0.4, -0.2) is 94.8 Å². The van der Waals surface area contributed by atoms with Crippen molar-refractivity contribution in [2.75, 3.05) is 37.7 Å². The molecule has 0 spiro atoms. The Morgan fingerprint density at radius 3 is 2.04 bits per heavy atom. The van der Waals surface area contributed by atoms with Crippen LogP contribution in [-0.2, 0) is 27.4 Å². The van der Waals surface area contributed by atoms with Crippen molar-refractivity contribution in [2.45, 2.75) is 150 Å². The van der Waals surface area contributed by atoms with Crippen LogP contribution < -0.4 is 9.64 Å². The van der Waals surface area contributed by atoms with E-state index in [2.05, 4.69) is 29.5 Å². The summed E-state index contributed by atoms with van der Waals surface area (Å²) in [5.74, 6) is -1.37. The molecule has 1 N–H and O–H groups in total. The molecule has 0 aromatic carbocycles. The van der Waals surface area contributed by atoms with Crippen molar-refractivity contribution >= 4 is 43.1 Å². The first-order valence-corrected chi connectivity index (χ1v) is 22.4. The lowest BCUT2D eigenvalue weighted by molar-refractivity contribution is 0.0428. The lowest BCUT2D eigenvalue weighted by Crippen LogP contribution is -2.44. The molecule has 13 nitrogen and oxygen atoms in total. The highest BCUT2D eigenvalue weighted by Crippen LogP contribution is 2.36. The molecule has 2 aromatic heterocycles. The molecule has 0 aliphatic carbocycles. The first-order valence-electron chi connectivity index (χ1n) is 18.7. The molecule has 288 valence electrons. The third-order valence-corrected chi connectivity index (χ3v) is 10.0. The van der Waals surface area contributed by atoms with Gasteiger partial charge in [0.15, 0.2) is 5.82 Å². The SMILES string of the molecule is CCCCOc1nc(N(C(=O)OC(C)(C)C)C(=O)OC(C)(C)C)c2c(n1)c(CCCCCN1CCCCC1)c(C(=O)O)n2COCC[Si](C)(C)C. The minimum Gasteiger partial charge on any atom is -0.477 e. The van der Waals surface area contributed by atoms with Crippen LogP contribution in [0.3, 0.4) is 0 Å². The van der Waals surface area contributed by atoms with Crippen molar-refractivity contribution in [2.24, 2.45) is 0 Å². The predicted molar refractivity (Wildman–Crippen MR) is 202 cm³/mol. The normalized spacial score (nSPS) is 14.5. The van der Waals surface area contributed by atoms with Gasteiger partial charge in [0.25, 0.3) is 0 Å². The number of rotatable bonds is 17. The summed E-state index contributed by atoms with van der Waals surface area (Å²) in [5, 5.41) is 10.7. The number of aromatic carboxylic acids is 1. The average molecular weight is 734 g/mol. The molecule has 1 aliphatic heterocycles. The van der Waals surface area contributed by atoms with E-state index < -0.39 is 37.4 Å². The Morgan fingerprint density at radius 1 is 0.863 bits per heavy atom. The summed E-state index contributed by atoms with van der Waals surface area (Å²) in [6, 6.07) is 0.780. The molecule has 3 heterocycles. The Labute approximate surface area is 305 Å². The van der Waals surface area contributed by atoms with Crippen LogP contribution in [0.2, 0.25) is 25.7 Å². The van der Waals surface area contributed by atoms with Crippen LogP contribution in [0.4, 0.5) is 15.4 Å². The van der Waals surface area contributed by atoms with Crippen LogP contribution >= 0.6 is 0 Å². The number of unbranched alkanes of at least 4 members (excludes halogenated alkanes) is 3. The number of carboxylic acids is 1. The van der Waals surface area contributed by atoms with E-state index >= 15 is 0 Å². The smallest absolute Gasteiger partial charge is 0.425 e. The number of hydrogen-bond donors (Lipinski definition) is 1. The standard InChI is InChI=1S/C37H63N5O8Si/c1-11-12-23-48-33-38-28-27(19-15-13-16-20-40-21-17-14-18-22-40)29(32(43)44)41(26-47-24-25-51(8,9)10)30(28)31(39-33)42(34(45)49-36(2,3)4)35(46)50-37(5,6)7/h11-26H2,1-10H3,(H,43,44). The number of carboxylic acid groups (broad SMARTS) is 1. The van der Waals surface area contributed by atoms with Gasteiger partial charge in [-0.25, -0.2) is 14.4 Å². The number of anilines is 1. The van der Waals surface area contributed by atoms with Gasteiger partial charge in [0.2, 0.25) is 0 Å². The van der Waals surface area contributed by atoms with Crippen molar-refractivity contribution < 1.29 is 38.4 Å². The van der Waals surface area contributed by atoms with Crippen molar-refractivity contribution in [1.29, 1.82) is 0 Å². The van der Waals surface area contributed by atoms with Gasteiger partial charge >= 0.3 is 24.2 Å². The number of imide groups is 1. The lowest BCUT2D eigenvalue weighted by Gasteiger charge is -2.28. The van der Waals surface area contributed by atoms with E-state index in [1.165, 1.54) is 23.8 Å². The van der Waals surface area contributed by atoms with E-state index in [-0.39, 0.29) is 35.3 Å². The molecule has 3 rings (SSSR count). The van der Waals surface area contributed by atoms with E-state index in [0.717, 1.165) is 62.7 Å². The minimum absolute atomic E-state index is 0.0244. The Kier molecular flexibility index (Phi) is 15.3. The van der Waals surface area contributed by atoms with Gasteiger partial charge < -0.3 is 33.5 Å². The predicted octanol–water partition coefficient (Wildman–Crippen LogP) is 8.50. The molecule has 0 unspecified atom stereocenters. The zero-order valence-corrected chi connectivity index (χ0v) is 33.9. The monoisotopic (exact) mass is 733 g/mol. The molecule has 1 aliphatic rings. The summed E-state index contributed by atoms with van der Waals surface area (Å²) in [6.07, 6.45) is 6.29. The molecule has 0 radical (unpaired) electrons. The number of amides is 2. The zero-order valence-electron chi connectivity index (χ0n) is 32.9. The Balaban J connectivity index is 2.23. The van der Waals surface area contributed by atoms with Crippen molar-refractivity contribution in [3.05, 3.63) is 11.3 Å². The number of carbonyl (C=O) groups is 3. The molecule has 2 amide bonds. The van der Waals surface area contributed by atoms with E-state index in [1.807, 2.05) is 6.92 Å². The highest BCUT2D eigenvalue weighted by molar-refractivity contribution is 6.76. The number of piperidine rings is 1. The quantitative estimate of drug-likeness (QED) is 0.123. The van der Waals surface area contributed by atoms with E-state index in [0.29, 0.717) is 25.2 Å². The van der Waals surface area contributed by atoms with Crippen LogP contribution in [0.25, 0.3) is 11.0 Å². The molecule has 14 heteroatoms. The summed E-state index contributed by atoms with van der Waals surface area (Å²) >= 11 is 0. The highest BCUT2D eigenvalue weighted by Gasteiger charge is 2.38. The van der Waals surface area contributed by atoms with Crippen molar-refractivity contribution in [3.8, 4) is 6.01 Å². The van der Waals surface area contributed by atoms with Gasteiger partial charge in [-0.3, -0.25) is 0 Å². The molecule has 0 bridgehead atoms. The van der Waals surface area contributed by atoms with E-state index in [4.69, 9.17) is 23.9 Å². The minimum atomic E-state index is -1.47. The summed E-state index contributed by atoms with van der Waals surface area (Å²) in [5.41, 5.74) is -1.06. The Bertz CT molecular complexity index is 1440. The second-order valence-electron chi connectivity index (χ2n) is 16.6. The fourth-order valence-electron chi connectivity index (χ4n) is 5.80. The summed E-state index contributed by atoms with van der Waals surface area (Å²) in [6.45, 7) is 22.7. The lowest BCUT2D eigenvalue weighted by atomic mass is 10.1. The Hall–Kier alpha value is -3.23. The fourth-order valence-corrected chi connectivity index (χ4v) is 6.56. The van der Waals surface area contributed by atoms with Crippen molar-refractivity contribution in [3.63, 3.8) is 0 Å². The zero-order chi connectivity index (χ0) is 38.0. The summed E-state index contributed by atoms with van der Waals surface area (Å²) in [4.78, 5) is 53.6. The second kappa shape index (κ2) is 18.5. The number of aromatic nitrogens is 3. The fraction of sp³-hybridized carbons (Fsp3) is 0.757. The summed E-state index contributed by atoms with van der Waals surface area (Å²) < 4.78 is 25.0. The van der Waals surface area contributed by atoms with Gasteiger partial charge in [-0.05, 0) is 106 Å². The van der Waals surface area contributed by atoms with E-state index in [1.54, 1.807) is 41.5 Å². The number of fused-ring (bicyclic) bond motifs is 1. The molecule has 1 fully saturated rings. The molecule has 0 saturated carbocycles. The third-order valence-electron chi connectivity index (χ3n) is 8.32. The largest absolute Gasteiger partial charge is 0.477 e. The molecular weight excluding hydrogens is 671 g/mol. The number of aryl methyl sites for hydroxylation is 1. The molecule has 1 saturated heterocycles. The summed E-state index contributed by atoms with van der Waals surface area (Å²) in [7, 11) is -1.47. The number of carbonyl (C=O) groups excluding carboxylic acids is 2. The van der Waals surface area contributed by atoms with Gasteiger partial charge in [0, 0.05) is 20.2 Å². The third kappa shape index (κ3) is 13.4. The van der Waals surface area contributed by atoms with Gasteiger partial charge in [-0.15, -0.1) is 0 Å². The molecule has 51 heavy (non-hydrogen) atoms. The maximum absolute atomic E-state index is 13.9. The van der Waals surface area contributed by atoms with Gasteiger partial charge in [0.05, 0.1) is 6.61 Å². The number of hydrogen-bond acceptors (Lipinski definition) is 10. The maximum Gasteiger partial charge on any atom is 0.425 e. The first-order chi connectivity index (χ1) is 23.8. The van der Waals surface area contributed by atoms with Crippen LogP contribution in [0.15, 0.2) is 0 Å².